The Labute approximate surface area is 251 Å². The molecule has 0 saturated heterocycles. The van der Waals surface area contributed by atoms with Crippen molar-refractivity contribution in [1.29, 1.82) is 0 Å². The van der Waals surface area contributed by atoms with Crippen LogP contribution in [-0.4, -0.2) is 35.9 Å². The molecular formula is C33H24Cl2N2O5. The number of methoxy groups -OCH3 is 1. The Hall–Kier alpha value is -4.01. The fourth-order valence-electron chi connectivity index (χ4n) is 7.67. The third-order valence-corrected chi connectivity index (χ3v) is 9.59. The largest absolute Gasteiger partial charge is 0.381 e. The number of nitrogens with one attached hydrogen (secondary N) is 2. The van der Waals surface area contributed by atoms with Gasteiger partial charge >= 0.3 is 0 Å². The number of anilines is 2. The molecule has 0 aromatic heterocycles. The Morgan fingerprint density at radius 1 is 0.786 bits per heavy atom. The zero-order valence-electron chi connectivity index (χ0n) is 22.2. The molecule has 9 heteroatoms. The molecule has 1 saturated carbocycles. The van der Waals surface area contributed by atoms with Gasteiger partial charge in [-0.3, -0.25) is 14.4 Å². The highest BCUT2D eigenvalue weighted by atomic mass is 35.5. The van der Waals surface area contributed by atoms with Crippen LogP contribution in [0.15, 0.2) is 97.1 Å². The first-order valence-electron chi connectivity index (χ1n) is 13.3. The zero-order valence-corrected chi connectivity index (χ0v) is 23.7. The second-order valence-corrected chi connectivity index (χ2v) is 11.7. The molecule has 2 amide bonds. The molecule has 2 heterocycles. The predicted molar refractivity (Wildman–Crippen MR) is 159 cm³/mol. The van der Waals surface area contributed by atoms with Crippen LogP contribution in [0.5, 0.6) is 0 Å². The molecule has 5 atom stereocenters. The molecular weight excluding hydrogens is 575 g/mol. The van der Waals surface area contributed by atoms with Crippen molar-refractivity contribution in [2.75, 3.05) is 17.7 Å². The molecule has 2 aliphatic heterocycles. The molecule has 4 aromatic carbocycles. The highest BCUT2D eigenvalue weighted by molar-refractivity contribution is 6.32. The van der Waals surface area contributed by atoms with Crippen LogP contribution in [0.3, 0.4) is 0 Å². The van der Waals surface area contributed by atoms with Crippen molar-refractivity contribution in [3.8, 4) is 0 Å². The van der Waals surface area contributed by atoms with Crippen LogP contribution in [0.4, 0.5) is 11.4 Å². The van der Waals surface area contributed by atoms with Gasteiger partial charge in [-0.1, -0.05) is 83.9 Å². The van der Waals surface area contributed by atoms with Crippen molar-refractivity contribution in [2.45, 2.75) is 22.5 Å². The second-order valence-electron chi connectivity index (χ2n) is 10.9. The molecule has 7 nitrogen and oxygen atoms in total. The third kappa shape index (κ3) is 3.11. The topological polar surface area (TPSA) is 105 Å². The number of ether oxygens (including phenoxy) is 1. The fourth-order valence-corrected chi connectivity index (χ4v) is 8.02. The summed E-state index contributed by atoms with van der Waals surface area (Å²) in [5, 5.41) is 19.8. The highest BCUT2D eigenvalue weighted by Gasteiger charge is 2.85. The molecule has 3 aliphatic rings. The third-order valence-electron chi connectivity index (χ3n) is 9.12. The summed E-state index contributed by atoms with van der Waals surface area (Å²) in [6, 6.07) is 26.7. The van der Waals surface area contributed by atoms with Gasteiger partial charge in [-0.05, 0) is 53.1 Å². The number of amides is 2. The summed E-state index contributed by atoms with van der Waals surface area (Å²) in [7, 11) is 1.37. The van der Waals surface area contributed by atoms with Gasteiger partial charge in [-0.15, -0.1) is 0 Å². The Kier molecular flexibility index (Phi) is 5.91. The number of ketones is 1. The Bertz CT molecular complexity index is 1800. The van der Waals surface area contributed by atoms with E-state index in [2.05, 4.69) is 10.6 Å². The lowest BCUT2D eigenvalue weighted by molar-refractivity contribution is -0.152. The normalized spacial score (nSPS) is 29.0. The summed E-state index contributed by atoms with van der Waals surface area (Å²) in [4.78, 5) is 44.3. The lowest BCUT2D eigenvalue weighted by atomic mass is 9.58. The smallest absolute Gasteiger partial charge is 0.239 e. The highest BCUT2D eigenvalue weighted by Crippen LogP contribution is 2.71. The van der Waals surface area contributed by atoms with Crippen molar-refractivity contribution < 1.29 is 24.2 Å². The van der Waals surface area contributed by atoms with Crippen LogP contribution in [0.2, 0.25) is 10.0 Å². The van der Waals surface area contributed by atoms with E-state index in [9.17, 15) is 14.7 Å². The van der Waals surface area contributed by atoms with E-state index in [4.69, 9.17) is 27.9 Å². The van der Waals surface area contributed by atoms with Gasteiger partial charge < -0.3 is 20.5 Å². The number of hydrogen-bond donors (Lipinski definition) is 3. The molecule has 4 aromatic rings. The van der Waals surface area contributed by atoms with E-state index in [0.29, 0.717) is 38.1 Å². The summed E-state index contributed by atoms with van der Waals surface area (Å²) in [5.74, 6) is -3.25. The number of rotatable bonds is 4. The van der Waals surface area contributed by atoms with E-state index in [0.717, 1.165) is 0 Å². The predicted octanol–water partition coefficient (Wildman–Crippen LogP) is 5.49. The lowest BCUT2D eigenvalue weighted by Crippen LogP contribution is -2.58. The minimum absolute atomic E-state index is 0.264. The van der Waals surface area contributed by atoms with Crippen LogP contribution in [0, 0.1) is 5.92 Å². The minimum atomic E-state index is -2.25. The number of benzene rings is 4. The van der Waals surface area contributed by atoms with E-state index < -0.39 is 46.1 Å². The average molecular weight is 599 g/mol. The molecule has 0 unspecified atom stereocenters. The van der Waals surface area contributed by atoms with Crippen LogP contribution >= 0.6 is 23.2 Å². The number of halogens is 2. The maximum Gasteiger partial charge on any atom is 0.239 e. The van der Waals surface area contributed by atoms with Gasteiger partial charge in [0, 0.05) is 34.1 Å². The van der Waals surface area contributed by atoms with E-state index in [1.807, 2.05) is 0 Å². The monoisotopic (exact) mass is 598 g/mol. The summed E-state index contributed by atoms with van der Waals surface area (Å²) in [5.41, 5.74) is -4.21. The molecule has 2 spiro atoms. The van der Waals surface area contributed by atoms with Gasteiger partial charge in [0.25, 0.3) is 0 Å². The van der Waals surface area contributed by atoms with Gasteiger partial charge in [-0.2, -0.15) is 0 Å². The fraction of sp³-hybridized carbons (Fsp3) is 0.182. The molecule has 3 N–H and O–H groups in total. The van der Waals surface area contributed by atoms with Gasteiger partial charge in [-0.25, -0.2) is 0 Å². The zero-order chi connectivity index (χ0) is 29.4. The van der Waals surface area contributed by atoms with E-state index in [-0.39, 0.29) is 5.56 Å². The number of hydrogen-bond acceptors (Lipinski definition) is 5. The standard InChI is InChI=1S/C33H24Cl2N2O5/c1-42-28-31(22-16-20(34)12-14-24(22)36-29(31)39)27(26(38)18-8-4-2-5-9-18)32(33(28,41)19-10-6-3-7-11-19)23-17-21(35)13-15-25(23)37-30(32)40/h2-17,27-28,41H,1H3,(H,36,39)(H,37,40)/t27-,28-,31-,32+,33-/m0/s1. The average Bonchev–Trinajstić information content (AvgIpc) is 3.53. The van der Waals surface area contributed by atoms with Crippen LogP contribution in [0.1, 0.15) is 27.0 Å². The van der Waals surface area contributed by atoms with E-state index >= 15 is 4.79 Å². The van der Waals surface area contributed by atoms with Crippen molar-refractivity contribution in [1.82, 2.24) is 0 Å². The first kappa shape index (κ1) is 26.9. The maximum atomic E-state index is 15.0. The molecule has 7 rings (SSSR count). The summed E-state index contributed by atoms with van der Waals surface area (Å²) >= 11 is 13.0. The number of carbonyl (C=O) groups is 3. The number of carbonyl (C=O) groups excluding carboxylic acids is 3. The van der Waals surface area contributed by atoms with Gasteiger partial charge in [0.15, 0.2) is 5.78 Å². The van der Waals surface area contributed by atoms with Crippen molar-refractivity contribution in [3.05, 3.63) is 129 Å². The molecule has 0 radical (unpaired) electrons. The Balaban J connectivity index is 1.70. The minimum Gasteiger partial charge on any atom is -0.381 e. The van der Waals surface area contributed by atoms with Crippen molar-refractivity contribution in [3.63, 3.8) is 0 Å². The quantitative estimate of drug-likeness (QED) is 0.269. The van der Waals surface area contributed by atoms with E-state index in [1.54, 1.807) is 97.1 Å². The molecule has 1 aliphatic carbocycles. The lowest BCUT2D eigenvalue weighted by Gasteiger charge is -2.42. The number of fused-ring (bicyclic) bond motifs is 4. The van der Waals surface area contributed by atoms with Crippen molar-refractivity contribution >= 4 is 52.2 Å². The molecule has 1 fully saturated rings. The van der Waals surface area contributed by atoms with Crippen molar-refractivity contribution in [2.24, 2.45) is 5.92 Å². The van der Waals surface area contributed by atoms with Gasteiger partial charge in [0.2, 0.25) is 11.8 Å². The van der Waals surface area contributed by atoms with Crippen LogP contribution in [-0.2, 0) is 30.8 Å². The molecule has 0 bridgehead atoms. The Morgan fingerprint density at radius 3 is 1.95 bits per heavy atom. The Morgan fingerprint density at radius 2 is 1.33 bits per heavy atom. The number of Topliss-reactive ketones (excluding diaryl/α,β-unsaturated/α-hetero) is 1. The van der Waals surface area contributed by atoms with Gasteiger partial charge in [0.1, 0.15) is 22.5 Å². The van der Waals surface area contributed by atoms with E-state index in [1.165, 1.54) is 7.11 Å². The second kappa shape index (κ2) is 9.24. The number of aliphatic hydroxyl groups is 1. The maximum absolute atomic E-state index is 15.0. The summed E-state index contributed by atoms with van der Waals surface area (Å²) in [6.07, 6.45) is -1.43. The van der Waals surface area contributed by atoms with Gasteiger partial charge in [0.05, 0.1) is 5.92 Å². The SMILES string of the molecule is CO[C@H]1[C@@]2(C(=O)Nc3ccc(Cl)cc32)[C@H](C(=O)c2ccccc2)[C@]2(C(=O)Nc3ccc(Cl)cc32)[C@]1(O)c1ccccc1. The van der Waals surface area contributed by atoms with Crippen LogP contribution in [0.25, 0.3) is 0 Å². The molecule has 210 valence electrons. The first-order chi connectivity index (χ1) is 20.2. The summed E-state index contributed by atoms with van der Waals surface area (Å²) < 4.78 is 6.16. The van der Waals surface area contributed by atoms with Crippen LogP contribution < -0.4 is 10.6 Å². The molecule has 42 heavy (non-hydrogen) atoms. The summed E-state index contributed by atoms with van der Waals surface area (Å²) in [6.45, 7) is 0. The first-order valence-corrected chi connectivity index (χ1v) is 14.1.